The second kappa shape index (κ2) is 7.25. The van der Waals surface area contributed by atoms with Gasteiger partial charge in [0.15, 0.2) is 5.76 Å². The van der Waals surface area contributed by atoms with Crippen LogP contribution in [0.3, 0.4) is 0 Å². The summed E-state index contributed by atoms with van der Waals surface area (Å²) >= 11 is 8.49. The fourth-order valence-corrected chi connectivity index (χ4v) is 5.24. The van der Waals surface area contributed by atoms with Crippen LogP contribution in [0, 0.1) is 5.92 Å². The van der Waals surface area contributed by atoms with Crippen LogP contribution in [0.25, 0.3) is 11.3 Å². The maximum atomic E-state index is 13.1. The summed E-state index contributed by atoms with van der Waals surface area (Å²) in [5, 5.41) is 14.7. The molecule has 2 heterocycles. The normalized spacial score (nSPS) is 21.4. The largest absolute Gasteiger partial charge is 0.390 e. The lowest BCUT2D eigenvalue weighted by Gasteiger charge is -2.43. The first-order chi connectivity index (χ1) is 11.8. The van der Waals surface area contributed by atoms with E-state index in [9.17, 15) is 9.90 Å². The molecule has 1 aromatic heterocycles. The molecule has 0 aliphatic carbocycles. The van der Waals surface area contributed by atoms with E-state index in [1.54, 1.807) is 30.9 Å². The van der Waals surface area contributed by atoms with E-state index in [-0.39, 0.29) is 15.9 Å². The number of aromatic nitrogens is 1. The van der Waals surface area contributed by atoms with E-state index < -0.39 is 5.60 Å². The van der Waals surface area contributed by atoms with Crippen molar-refractivity contribution < 1.29 is 14.4 Å². The van der Waals surface area contributed by atoms with Gasteiger partial charge in [0.05, 0.1) is 20.9 Å². The standard InChI is InChI=1S/C18H20ClIN2O3/c1-18(2,24)13-7-5-9-22(16(13)20)17(23)12-10-21-25-15(12)11-6-3-4-8-14(11)19/h3-4,6,8,10,13,16,24H,5,7,9H2,1-2H3/t13-,16?/m0/s1. The number of carbonyl (C=O) groups is 1. The Kier molecular flexibility index (Phi) is 5.41. The van der Waals surface area contributed by atoms with E-state index >= 15 is 0 Å². The van der Waals surface area contributed by atoms with Crippen LogP contribution in [0.4, 0.5) is 0 Å². The van der Waals surface area contributed by atoms with Gasteiger partial charge in [0, 0.05) is 18.0 Å². The first-order valence-corrected chi connectivity index (χ1v) is 9.80. The van der Waals surface area contributed by atoms with Crippen molar-refractivity contribution in [2.75, 3.05) is 6.54 Å². The number of benzene rings is 1. The molecular weight excluding hydrogens is 455 g/mol. The summed E-state index contributed by atoms with van der Waals surface area (Å²) in [6, 6.07) is 7.21. The van der Waals surface area contributed by atoms with Crippen LogP contribution in [-0.2, 0) is 0 Å². The van der Waals surface area contributed by atoms with E-state index in [1.807, 2.05) is 12.1 Å². The average molecular weight is 475 g/mol. The Morgan fingerprint density at radius 1 is 1.44 bits per heavy atom. The van der Waals surface area contributed by atoms with Gasteiger partial charge < -0.3 is 14.5 Å². The van der Waals surface area contributed by atoms with E-state index in [1.165, 1.54) is 6.20 Å². The highest BCUT2D eigenvalue weighted by Gasteiger charge is 2.41. The number of aliphatic hydroxyl groups is 1. The van der Waals surface area contributed by atoms with Crippen LogP contribution >= 0.6 is 34.2 Å². The van der Waals surface area contributed by atoms with Gasteiger partial charge in [-0.15, -0.1) is 0 Å². The summed E-state index contributed by atoms with van der Waals surface area (Å²) < 4.78 is 5.24. The molecule has 134 valence electrons. The Hall–Kier alpha value is -1.12. The van der Waals surface area contributed by atoms with Crippen molar-refractivity contribution in [2.45, 2.75) is 36.3 Å². The SMILES string of the molecule is CC(C)(O)[C@H]1CCCN(C(=O)c2cnoc2-c2ccccc2Cl)C1I. The topological polar surface area (TPSA) is 66.6 Å². The number of rotatable bonds is 3. The number of halogens is 2. The first kappa shape index (κ1) is 18.7. The molecule has 0 bridgehead atoms. The van der Waals surface area contributed by atoms with Crippen molar-refractivity contribution >= 4 is 40.1 Å². The van der Waals surface area contributed by atoms with Gasteiger partial charge in [0.2, 0.25) is 0 Å². The summed E-state index contributed by atoms with van der Waals surface area (Å²) in [5.74, 6) is 0.239. The molecule has 5 nitrogen and oxygen atoms in total. The van der Waals surface area contributed by atoms with Gasteiger partial charge in [-0.25, -0.2) is 0 Å². The minimum Gasteiger partial charge on any atom is -0.390 e. The molecule has 2 atom stereocenters. The van der Waals surface area contributed by atoms with Crippen molar-refractivity contribution in [2.24, 2.45) is 5.92 Å². The fourth-order valence-electron chi connectivity index (χ4n) is 3.25. The van der Waals surface area contributed by atoms with E-state index in [2.05, 4.69) is 27.7 Å². The van der Waals surface area contributed by atoms with Crippen molar-refractivity contribution in [3.8, 4) is 11.3 Å². The molecule has 1 aromatic carbocycles. The molecule has 1 unspecified atom stereocenters. The lowest BCUT2D eigenvalue weighted by Crippen LogP contribution is -2.51. The summed E-state index contributed by atoms with van der Waals surface area (Å²) in [4.78, 5) is 14.9. The van der Waals surface area contributed by atoms with Crippen LogP contribution in [0.5, 0.6) is 0 Å². The van der Waals surface area contributed by atoms with Crippen LogP contribution in [0.2, 0.25) is 5.02 Å². The molecule has 0 spiro atoms. The number of nitrogens with zero attached hydrogens (tertiary/aromatic N) is 2. The molecule has 25 heavy (non-hydrogen) atoms. The van der Waals surface area contributed by atoms with Crippen molar-refractivity contribution in [3.63, 3.8) is 0 Å². The van der Waals surface area contributed by atoms with Crippen LogP contribution in [0.1, 0.15) is 37.0 Å². The molecular formula is C18H20ClIN2O3. The molecule has 1 fully saturated rings. The highest BCUT2D eigenvalue weighted by Crippen LogP contribution is 2.38. The number of likely N-dealkylation sites (tertiary alicyclic amines) is 1. The molecule has 0 saturated carbocycles. The quantitative estimate of drug-likeness (QED) is 0.407. The van der Waals surface area contributed by atoms with Gasteiger partial charge in [-0.05, 0) is 38.8 Å². The number of piperidine rings is 1. The smallest absolute Gasteiger partial charge is 0.260 e. The molecule has 1 aliphatic heterocycles. The number of hydrogen-bond donors (Lipinski definition) is 1. The van der Waals surface area contributed by atoms with Crippen LogP contribution in [-0.4, -0.2) is 37.3 Å². The average Bonchev–Trinajstić information content (AvgIpc) is 3.03. The van der Waals surface area contributed by atoms with Gasteiger partial charge in [-0.3, -0.25) is 4.79 Å². The molecule has 7 heteroatoms. The Balaban J connectivity index is 1.92. The highest BCUT2D eigenvalue weighted by molar-refractivity contribution is 14.1. The van der Waals surface area contributed by atoms with Gasteiger partial charge in [0.1, 0.15) is 5.56 Å². The zero-order valence-electron chi connectivity index (χ0n) is 14.1. The second-order valence-corrected chi connectivity index (χ2v) is 8.51. The third-order valence-electron chi connectivity index (χ3n) is 4.63. The number of alkyl halides is 1. The molecule has 2 aromatic rings. The maximum Gasteiger partial charge on any atom is 0.260 e. The van der Waals surface area contributed by atoms with Crippen molar-refractivity contribution in [1.82, 2.24) is 10.1 Å². The van der Waals surface area contributed by atoms with Gasteiger partial charge in [-0.2, -0.15) is 0 Å². The lowest BCUT2D eigenvalue weighted by atomic mass is 9.84. The minimum absolute atomic E-state index is 0.00873. The second-order valence-electron chi connectivity index (χ2n) is 6.82. The third-order valence-corrected chi connectivity index (χ3v) is 6.50. The Morgan fingerprint density at radius 2 is 2.16 bits per heavy atom. The first-order valence-electron chi connectivity index (χ1n) is 8.17. The molecule has 1 aliphatic rings. The zero-order chi connectivity index (χ0) is 18.2. The summed E-state index contributed by atoms with van der Waals surface area (Å²) in [5.41, 5.74) is 0.197. The maximum absolute atomic E-state index is 13.1. The Morgan fingerprint density at radius 3 is 2.84 bits per heavy atom. The molecule has 1 N–H and O–H groups in total. The van der Waals surface area contributed by atoms with Crippen LogP contribution in [0.15, 0.2) is 35.0 Å². The summed E-state index contributed by atoms with van der Waals surface area (Å²) in [7, 11) is 0. The number of amides is 1. The van der Waals surface area contributed by atoms with Gasteiger partial charge in [-0.1, -0.05) is 51.5 Å². The molecule has 3 rings (SSSR count). The third kappa shape index (κ3) is 3.71. The predicted molar refractivity (Wildman–Crippen MR) is 105 cm³/mol. The van der Waals surface area contributed by atoms with E-state index in [0.29, 0.717) is 28.5 Å². The Labute approximate surface area is 165 Å². The van der Waals surface area contributed by atoms with Crippen molar-refractivity contribution in [1.29, 1.82) is 0 Å². The Bertz CT molecular complexity index is 772. The fraction of sp³-hybridized carbons (Fsp3) is 0.444. The predicted octanol–water partition coefficient (Wildman–Crippen LogP) is 4.38. The van der Waals surface area contributed by atoms with Gasteiger partial charge >= 0.3 is 0 Å². The number of carbonyl (C=O) groups excluding carboxylic acids is 1. The highest BCUT2D eigenvalue weighted by atomic mass is 127. The number of hydrogen-bond acceptors (Lipinski definition) is 4. The molecule has 1 amide bonds. The summed E-state index contributed by atoms with van der Waals surface area (Å²) in [6.45, 7) is 4.24. The molecule has 0 radical (unpaired) electrons. The van der Waals surface area contributed by atoms with Crippen molar-refractivity contribution in [3.05, 3.63) is 41.0 Å². The molecule has 1 saturated heterocycles. The van der Waals surface area contributed by atoms with E-state index in [4.69, 9.17) is 16.1 Å². The summed E-state index contributed by atoms with van der Waals surface area (Å²) in [6.07, 6.45) is 3.19. The lowest BCUT2D eigenvalue weighted by molar-refractivity contribution is -0.0191. The van der Waals surface area contributed by atoms with Gasteiger partial charge in [0.25, 0.3) is 5.91 Å². The van der Waals surface area contributed by atoms with E-state index in [0.717, 1.165) is 12.8 Å². The minimum atomic E-state index is -0.842. The zero-order valence-corrected chi connectivity index (χ0v) is 17.0. The van der Waals surface area contributed by atoms with Crippen LogP contribution < -0.4 is 0 Å². The monoisotopic (exact) mass is 474 g/mol.